The van der Waals surface area contributed by atoms with Crippen LogP contribution < -0.4 is 10.5 Å². The molecular formula is C22H19FN4O2. The van der Waals surface area contributed by atoms with Crippen molar-refractivity contribution in [2.24, 2.45) is 12.8 Å². The van der Waals surface area contributed by atoms with Crippen LogP contribution in [0, 0.1) is 5.95 Å². The van der Waals surface area contributed by atoms with Crippen LogP contribution >= 0.6 is 0 Å². The number of benzene rings is 2. The Balaban J connectivity index is 1.66. The average molecular weight is 390 g/mol. The number of primary amides is 1. The molecule has 146 valence electrons. The number of ether oxygens (including phenoxy) is 1. The van der Waals surface area contributed by atoms with Gasteiger partial charge in [0.1, 0.15) is 11.5 Å². The van der Waals surface area contributed by atoms with Gasteiger partial charge in [0.2, 0.25) is 11.9 Å². The maximum atomic E-state index is 13.7. The molecule has 0 atom stereocenters. The number of carbonyl (C=O) groups is 1. The molecule has 0 bridgehead atoms. The third-order valence-corrected chi connectivity index (χ3v) is 4.79. The van der Waals surface area contributed by atoms with Crippen molar-refractivity contribution in [3.8, 4) is 22.8 Å². The highest BCUT2D eigenvalue weighted by molar-refractivity contribution is 5.95. The van der Waals surface area contributed by atoms with Crippen molar-refractivity contribution in [2.45, 2.75) is 13.3 Å². The van der Waals surface area contributed by atoms with E-state index in [2.05, 4.69) is 10.1 Å². The number of pyridine rings is 1. The summed E-state index contributed by atoms with van der Waals surface area (Å²) in [5, 5.41) is 4.22. The van der Waals surface area contributed by atoms with Gasteiger partial charge < -0.3 is 10.5 Å². The third-order valence-electron chi connectivity index (χ3n) is 4.79. The predicted molar refractivity (Wildman–Crippen MR) is 108 cm³/mol. The number of rotatable bonds is 5. The Hall–Kier alpha value is -3.74. The van der Waals surface area contributed by atoms with Crippen molar-refractivity contribution >= 4 is 16.8 Å². The number of nitrogens with two attached hydrogens (primary N) is 1. The van der Waals surface area contributed by atoms with Crippen LogP contribution in [0.1, 0.15) is 22.8 Å². The second-order valence-corrected chi connectivity index (χ2v) is 6.66. The minimum Gasteiger partial charge on any atom is -0.457 e. The molecule has 0 aliphatic heterocycles. The Morgan fingerprint density at radius 1 is 1.14 bits per heavy atom. The number of carbonyl (C=O) groups excluding carboxylic acids is 1. The van der Waals surface area contributed by atoms with Crippen molar-refractivity contribution in [3.05, 3.63) is 71.8 Å². The van der Waals surface area contributed by atoms with E-state index >= 15 is 0 Å². The molecule has 2 aromatic carbocycles. The van der Waals surface area contributed by atoms with Crippen LogP contribution in [0.3, 0.4) is 0 Å². The lowest BCUT2D eigenvalue weighted by molar-refractivity contribution is 0.0999. The maximum absolute atomic E-state index is 13.7. The fraction of sp³-hybridized carbons (Fsp3) is 0.136. The number of halogens is 1. The van der Waals surface area contributed by atoms with E-state index in [0.717, 1.165) is 11.1 Å². The van der Waals surface area contributed by atoms with E-state index in [1.807, 2.05) is 25.1 Å². The van der Waals surface area contributed by atoms with Crippen molar-refractivity contribution < 1.29 is 13.9 Å². The molecule has 7 heteroatoms. The monoisotopic (exact) mass is 390 g/mol. The lowest BCUT2D eigenvalue weighted by Crippen LogP contribution is -2.13. The molecule has 0 saturated carbocycles. The standard InChI is InChI=1S/C22H19FN4O2/c1-3-13-10-14(4-6-17(13)22(24)28)19-11-16(8-9-25-19)29-15-5-7-18-20(12-15)27(2)26-21(18)23/h4-12H,3H2,1-2H3,(H2,24,28). The SMILES string of the molecule is CCc1cc(-c2cc(Oc3ccc4c(F)nn(C)c4c3)ccn2)ccc1C(N)=O. The number of hydrogen-bond donors (Lipinski definition) is 1. The van der Waals surface area contributed by atoms with E-state index < -0.39 is 11.9 Å². The van der Waals surface area contributed by atoms with Crippen LogP contribution in [0.15, 0.2) is 54.7 Å². The summed E-state index contributed by atoms with van der Waals surface area (Å²) >= 11 is 0. The quantitative estimate of drug-likeness (QED) is 0.553. The topological polar surface area (TPSA) is 83.0 Å². The Bertz CT molecular complexity index is 1230. The van der Waals surface area contributed by atoms with Crippen LogP contribution in [0.5, 0.6) is 11.5 Å². The molecule has 0 fully saturated rings. The van der Waals surface area contributed by atoms with Gasteiger partial charge >= 0.3 is 0 Å². The first-order valence-corrected chi connectivity index (χ1v) is 9.15. The van der Waals surface area contributed by atoms with Gasteiger partial charge in [-0.1, -0.05) is 13.0 Å². The molecule has 0 saturated heterocycles. The van der Waals surface area contributed by atoms with E-state index in [-0.39, 0.29) is 0 Å². The lowest BCUT2D eigenvalue weighted by atomic mass is 9.99. The van der Waals surface area contributed by atoms with Gasteiger partial charge in [0.05, 0.1) is 16.6 Å². The van der Waals surface area contributed by atoms with Gasteiger partial charge in [-0.3, -0.25) is 14.5 Å². The summed E-state index contributed by atoms with van der Waals surface area (Å²) in [6.07, 6.45) is 2.34. The van der Waals surface area contributed by atoms with E-state index in [1.165, 1.54) is 4.68 Å². The number of aryl methyl sites for hydroxylation is 2. The summed E-state index contributed by atoms with van der Waals surface area (Å²) in [6, 6.07) is 14.1. The largest absolute Gasteiger partial charge is 0.457 e. The number of hydrogen-bond acceptors (Lipinski definition) is 4. The predicted octanol–water partition coefficient (Wildman–Crippen LogP) is 4.23. The van der Waals surface area contributed by atoms with E-state index in [4.69, 9.17) is 10.5 Å². The summed E-state index contributed by atoms with van der Waals surface area (Å²) in [5.74, 6) is 0.205. The number of aromatic nitrogens is 3. The Morgan fingerprint density at radius 2 is 1.93 bits per heavy atom. The molecular weight excluding hydrogens is 371 g/mol. The minimum atomic E-state index is -0.508. The molecule has 4 aromatic rings. The third kappa shape index (κ3) is 3.54. The zero-order chi connectivity index (χ0) is 20.5. The molecule has 2 aromatic heterocycles. The van der Waals surface area contributed by atoms with Crippen LogP contribution in [0.4, 0.5) is 4.39 Å². The number of nitrogens with zero attached hydrogens (tertiary/aromatic N) is 3. The van der Waals surface area contributed by atoms with Crippen molar-refractivity contribution in [1.29, 1.82) is 0 Å². The molecule has 2 heterocycles. The molecule has 6 nitrogen and oxygen atoms in total. The van der Waals surface area contributed by atoms with Gasteiger partial charge in [-0.05, 0) is 42.3 Å². The number of fused-ring (bicyclic) bond motifs is 1. The molecule has 29 heavy (non-hydrogen) atoms. The first-order valence-electron chi connectivity index (χ1n) is 9.15. The van der Waals surface area contributed by atoms with Gasteiger partial charge in [-0.2, -0.15) is 4.39 Å². The molecule has 0 aliphatic carbocycles. The second-order valence-electron chi connectivity index (χ2n) is 6.66. The Kier molecular flexibility index (Phi) is 4.72. The zero-order valence-corrected chi connectivity index (χ0v) is 16.0. The molecule has 0 aliphatic rings. The molecule has 0 unspecified atom stereocenters. The highest BCUT2D eigenvalue weighted by Crippen LogP contribution is 2.29. The molecule has 1 amide bonds. The van der Waals surface area contributed by atoms with E-state index in [1.54, 1.807) is 43.6 Å². The summed E-state index contributed by atoms with van der Waals surface area (Å²) in [4.78, 5) is 16.0. The summed E-state index contributed by atoms with van der Waals surface area (Å²) < 4.78 is 21.2. The van der Waals surface area contributed by atoms with Crippen molar-refractivity contribution in [2.75, 3.05) is 0 Å². The second kappa shape index (κ2) is 7.35. The summed E-state index contributed by atoms with van der Waals surface area (Å²) in [6.45, 7) is 1.97. The summed E-state index contributed by atoms with van der Waals surface area (Å²) in [7, 11) is 1.68. The van der Waals surface area contributed by atoms with Gasteiger partial charge in [0.25, 0.3) is 0 Å². The molecule has 0 spiro atoms. The Morgan fingerprint density at radius 3 is 2.69 bits per heavy atom. The van der Waals surface area contributed by atoms with Gasteiger partial charge in [0.15, 0.2) is 0 Å². The van der Waals surface area contributed by atoms with E-state index in [0.29, 0.717) is 40.1 Å². The first-order chi connectivity index (χ1) is 14.0. The minimum absolute atomic E-state index is 0.442. The van der Waals surface area contributed by atoms with E-state index in [9.17, 15) is 9.18 Å². The molecule has 4 rings (SSSR count). The maximum Gasteiger partial charge on any atom is 0.248 e. The van der Waals surface area contributed by atoms with Crippen molar-refractivity contribution in [1.82, 2.24) is 14.8 Å². The lowest BCUT2D eigenvalue weighted by Gasteiger charge is -2.10. The van der Waals surface area contributed by atoms with Crippen LogP contribution in [-0.2, 0) is 13.5 Å². The summed E-state index contributed by atoms with van der Waals surface area (Å²) in [5.41, 5.74) is 9.03. The fourth-order valence-electron chi connectivity index (χ4n) is 3.31. The van der Waals surface area contributed by atoms with Gasteiger partial charge in [-0.25, -0.2) is 0 Å². The first kappa shape index (κ1) is 18.6. The van der Waals surface area contributed by atoms with Crippen LogP contribution in [0.2, 0.25) is 0 Å². The highest BCUT2D eigenvalue weighted by atomic mass is 19.1. The zero-order valence-electron chi connectivity index (χ0n) is 16.0. The average Bonchev–Trinajstić information content (AvgIpc) is 3.00. The fourth-order valence-corrected chi connectivity index (χ4v) is 3.31. The Labute approximate surface area is 166 Å². The number of amides is 1. The smallest absolute Gasteiger partial charge is 0.248 e. The van der Waals surface area contributed by atoms with Crippen LogP contribution in [0.25, 0.3) is 22.2 Å². The van der Waals surface area contributed by atoms with Crippen LogP contribution in [-0.4, -0.2) is 20.7 Å². The molecule has 0 radical (unpaired) electrons. The molecule has 2 N–H and O–H groups in total. The van der Waals surface area contributed by atoms with Crippen molar-refractivity contribution in [3.63, 3.8) is 0 Å². The highest BCUT2D eigenvalue weighted by Gasteiger charge is 2.12. The van der Waals surface area contributed by atoms with Gasteiger partial charge in [0, 0.05) is 36.5 Å². The normalized spacial score (nSPS) is 11.0. The van der Waals surface area contributed by atoms with Gasteiger partial charge in [-0.15, -0.1) is 5.10 Å².